The van der Waals surface area contributed by atoms with Crippen LogP contribution in [0.25, 0.3) is 0 Å². The number of hydroxylamine groups is 2. The SMILES string of the molecule is O=C=C1CCN(OCc2ccccc2)[C@@H]1C(=O)N1CCOCC1. The third-order valence-electron chi connectivity index (χ3n) is 4.15. The molecule has 0 spiro atoms. The third-order valence-corrected chi connectivity index (χ3v) is 4.15. The van der Waals surface area contributed by atoms with E-state index in [1.165, 1.54) is 0 Å². The van der Waals surface area contributed by atoms with Gasteiger partial charge in [0.1, 0.15) is 12.0 Å². The molecule has 6 nitrogen and oxygen atoms in total. The number of amides is 1. The second kappa shape index (κ2) is 7.53. The number of morpholine rings is 1. The molecule has 1 aromatic carbocycles. The van der Waals surface area contributed by atoms with Gasteiger partial charge in [0.25, 0.3) is 0 Å². The number of carbonyl (C=O) groups is 1. The molecule has 1 aromatic rings. The number of hydrogen-bond acceptors (Lipinski definition) is 5. The molecule has 0 radical (unpaired) electrons. The molecule has 1 amide bonds. The van der Waals surface area contributed by atoms with E-state index in [1.807, 2.05) is 36.3 Å². The Balaban J connectivity index is 1.68. The molecular formula is C17H20N2O4. The number of hydrogen-bond donors (Lipinski definition) is 0. The molecule has 0 aromatic heterocycles. The van der Waals surface area contributed by atoms with Crippen LogP contribution in [0, 0.1) is 0 Å². The van der Waals surface area contributed by atoms with Crippen LogP contribution in [0.5, 0.6) is 0 Å². The van der Waals surface area contributed by atoms with E-state index < -0.39 is 6.04 Å². The van der Waals surface area contributed by atoms with Gasteiger partial charge in [0.05, 0.1) is 19.8 Å². The smallest absolute Gasteiger partial charge is 0.247 e. The van der Waals surface area contributed by atoms with E-state index in [-0.39, 0.29) is 5.91 Å². The van der Waals surface area contributed by atoms with Gasteiger partial charge >= 0.3 is 0 Å². The molecular weight excluding hydrogens is 296 g/mol. The predicted molar refractivity (Wildman–Crippen MR) is 82.9 cm³/mol. The minimum atomic E-state index is -0.658. The predicted octanol–water partition coefficient (Wildman–Crippen LogP) is 0.809. The molecule has 0 unspecified atom stereocenters. The molecule has 1 atom stereocenters. The molecule has 2 aliphatic rings. The lowest BCUT2D eigenvalue weighted by Crippen LogP contribution is -2.50. The molecule has 2 heterocycles. The zero-order chi connectivity index (χ0) is 16.1. The van der Waals surface area contributed by atoms with Crippen LogP contribution in [0.1, 0.15) is 12.0 Å². The fraction of sp³-hybridized carbons (Fsp3) is 0.471. The minimum Gasteiger partial charge on any atom is -0.378 e. The molecule has 2 saturated heterocycles. The van der Waals surface area contributed by atoms with E-state index >= 15 is 0 Å². The molecule has 0 saturated carbocycles. The fourth-order valence-corrected chi connectivity index (χ4v) is 2.88. The first kappa shape index (κ1) is 15.9. The quantitative estimate of drug-likeness (QED) is 0.770. The molecule has 122 valence electrons. The van der Waals surface area contributed by atoms with Gasteiger partial charge in [-0.3, -0.25) is 9.63 Å². The van der Waals surface area contributed by atoms with Crippen LogP contribution in [-0.4, -0.2) is 60.7 Å². The Bertz CT molecular complexity index is 592. The van der Waals surface area contributed by atoms with Gasteiger partial charge in [-0.05, 0) is 12.0 Å². The molecule has 0 bridgehead atoms. The lowest BCUT2D eigenvalue weighted by atomic mass is 10.1. The van der Waals surface area contributed by atoms with Crippen molar-refractivity contribution >= 4 is 11.8 Å². The maximum atomic E-state index is 12.7. The van der Waals surface area contributed by atoms with Crippen molar-refractivity contribution in [2.75, 3.05) is 32.8 Å². The highest BCUT2D eigenvalue weighted by Gasteiger charge is 2.39. The van der Waals surface area contributed by atoms with Crippen LogP contribution in [0.2, 0.25) is 0 Å². The van der Waals surface area contributed by atoms with E-state index in [0.29, 0.717) is 51.4 Å². The Morgan fingerprint density at radius 1 is 1.22 bits per heavy atom. The van der Waals surface area contributed by atoms with Crippen molar-refractivity contribution < 1.29 is 19.2 Å². The van der Waals surface area contributed by atoms with Crippen LogP contribution in [-0.2, 0) is 25.8 Å². The summed E-state index contributed by atoms with van der Waals surface area (Å²) >= 11 is 0. The van der Waals surface area contributed by atoms with Gasteiger partial charge in [-0.2, -0.15) is 5.06 Å². The third kappa shape index (κ3) is 3.68. The monoisotopic (exact) mass is 316 g/mol. The minimum absolute atomic E-state index is 0.0998. The van der Waals surface area contributed by atoms with Crippen molar-refractivity contribution in [2.45, 2.75) is 19.1 Å². The number of rotatable bonds is 4. The van der Waals surface area contributed by atoms with Crippen molar-refractivity contribution in [3.8, 4) is 0 Å². The highest BCUT2D eigenvalue weighted by molar-refractivity contribution is 5.88. The van der Waals surface area contributed by atoms with Gasteiger partial charge in [0, 0.05) is 25.2 Å². The fourth-order valence-electron chi connectivity index (χ4n) is 2.88. The van der Waals surface area contributed by atoms with Crippen molar-refractivity contribution in [2.24, 2.45) is 0 Å². The van der Waals surface area contributed by atoms with Crippen LogP contribution in [0.15, 0.2) is 35.9 Å². The highest BCUT2D eigenvalue weighted by Crippen LogP contribution is 2.24. The second-order valence-corrected chi connectivity index (χ2v) is 5.62. The van der Waals surface area contributed by atoms with Crippen LogP contribution in [0.3, 0.4) is 0 Å². The first-order valence-corrected chi connectivity index (χ1v) is 7.83. The number of nitrogens with zero attached hydrogens (tertiary/aromatic N) is 2. The lowest BCUT2D eigenvalue weighted by Gasteiger charge is -2.32. The number of benzene rings is 1. The second-order valence-electron chi connectivity index (χ2n) is 5.62. The maximum Gasteiger partial charge on any atom is 0.247 e. The van der Waals surface area contributed by atoms with Crippen molar-refractivity contribution in [3.05, 3.63) is 41.5 Å². The van der Waals surface area contributed by atoms with Crippen LogP contribution in [0.4, 0.5) is 0 Å². The van der Waals surface area contributed by atoms with E-state index in [4.69, 9.17) is 9.57 Å². The molecule has 23 heavy (non-hydrogen) atoms. The average molecular weight is 316 g/mol. The van der Waals surface area contributed by atoms with E-state index in [0.717, 1.165) is 5.56 Å². The Labute approximate surface area is 135 Å². The van der Waals surface area contributed by atoms with Crippen LogP contribution >= 0.6 is 0 Å². The van der Waals surface area contributed by atoms with Gasteiger partial charge in [0.2, 0.25) is 5.91 Å². The number of carbonyl (C=O) groups excluding carboxylic acids is 2. The normalized spacial score (nSPS) is 22.2. The maximum absolute atomic E-state index is 12.7. The van der Waals surface area contributed by atoms with Crippen molar-refractivity contribution in [3.63, 3.8) is 0 Å². The standard InChI is InChI=1S/C17H20N2O4/c20-12-15-6-7-19(23-13-14-4-2-1-3-5-14)16(15)17(21)18-8-10-22-11-9-18/h1-5,16H,6-11,13H2/t16-/m0/s1. The van der Waals surface area contributed by atoms with E-state index in [9.17, 15) is 9.59 Å². The zero-order valence-corrected chi connectivity index (χ0v) is 12.9. The Kier molecular flexibility index (Phi) is 5.20. The molecule has 0 N–H and O–H groups in total. The van der Waals surface area contributed by atoms with Gasteiger partial charge in [-0.1, -0.05) is 30.3 Å². The summed E-state index contributed by atoms with van der Waals surface area (Å²) in [5.41, 5.74) is 1.49. The largest absolute Gasteiger partial charge is 0.378 e. The molecule has 6 heteroatoms. The lowest BCUT2D eigenvalue weighted by molar-refractivity contribution is -0.187. The summed E-state index contributed by atoms with van der Waals surface area (Å²) in [6.45, 7) is 3.06. The van der Waals surface area contributed by atoms with Gasteiger partial charge < -0.3 is 9.64 Å². The Hall–Kier alpha value is -1.98. The number of ether oxygens (including phenoxy) is 1. The molecule has 2 fully saturated rings. The highest BCUT2D eigenvalue weighted by atomic mass is 16.7. The summed E-state index contributed by atoms with van der Waals surface area (Å²) in [4.78, 5) is 31.5. The molecule has 0 aliphatic carbocycles. The van der Waals surface area contributed by atoms with Crippen LogP contribution < -0.4 is 0 Å². The Morgan fingerprint density at radius 3 is 2.65 bits per heavy atom. The molecule has 3 rings (SSSR count). The van der Waals surface area contributed by atoms with Crippen molar-refractivity contribution in [1.82, 2.24) is 9.96 Å². The topological polar surface area (TPSA) is 59.1 Å². The van der Waals surface area contributed by atoms with Gasteiger partial charge in [0.15, 0.2) is 0 Å². The van der Waals surface area contributed by atoms with Gasteiger partial charge in [-0.25, -0.2) is 4.79 Å². The molecule has 2 aliphatic heterocycles. The summed E-state index contributed by atoms with van der Waals surface area (Å²) in [7, 11) is 0. The van der Waals surface area contributed by atoms with Crippen molar-refractivity contribution in [1.29, 1.82) is 0 Å². The summed E-state index contributed by atoms with van der Waals surface area (Å²) in [6, 6.07) is 9.09. The van der Waals surface area contributed by atoms with E-state index in [2.05, 4.69) is 0 Å². The zero-order valence-electron chi connectivity index (χ0n) is 12.9. The van der Waals surface area contributed by atoms with E-state index in [1.54, 1.807) is 9.96 Å². The summed E-state index contributed by atoms with van der Waals surface area (Å²) in [5.74, 6) is 1.83. The van der Waals surface area contributed by atoms with Gasteiger partial charge in [-0.15, -0.1) is 0 Å². The Morgan fingerprint density at radius 2 is 1.96 bits per heavy atom. The summed E-state index contributed by atoms with van der Waals surface area (Å²) in [5, 5.41) is 1.62. The average Bonchev–Trinajstić information content (AvgIpc) is 3.04. The first-order chi connectivity index (χ1) is 11.3. The summed E-state index contributed by atoms with van der Waals surface area (Å²) in [6.07, 6.45) is 0.513. The first-order valence-electron chi connectivity index (χ1n) is 7.83. The summed E-state index contributed by atoms with van der Waals surface area (Å²) < 4.78 is 5.27.